The van der Waals surface area contributed by atoms with Gasteiger partial charge in [0.2, 0.25) is 0 Å². The molecule has 2 N–H and O–H groups in total. The minimum Gasteiger partial charge on any atom is -0.393 e. The first-order valence-electron chi connectivity index (χ1n) is 5.68. The van der Waals surface area contributed by atoms with Crippen LogP contribution in [0.15, 0.2) is 28.7 Å². The van der Waals surface area contributed by atoms with E-state index in [1.807, 2.05) is 19.1 Å². The Labute approximate surface area is 106 Å². The van der Waals surface area contributed by atoms with Crippen molar-refractivity contribution in [1.29, 1.82) is 0 Å². The second kappa shape index (κ2) is 6.38. The van der Waals surface area contributed by atoms with Gasteiger partial charge in [-0.15, -0.1) is 0 Å². The fourth-order valence-corrected chi connectivity index (χ4v) is 2.12. The van der Waals surface area contributed by atoms with Crippen LogP contribution in [0.2, 0.25) is 0 Å². The molecule has 0 aliphatic heterocycles. The summed E-state index contributed by atoms with van der Waals surface area (Å²) in [7, 11) is 0. The highest BCUT2D eigenvalue weighted by Gasteiger charge is 2.10. The van der Waals surface area contributed by atoms with Gasteiger partial charge in [-0.1, -0.05) is 28.1 Å². The van der Waals surface area contributed by atoms with Gasteiger partial charge in [0.05, 0.1) is 6.10 Å². The number of hydrogen-bond donors (Lipinski definition) is 2. The van der Waals surface area contributed by atoms with Crippen LogP contribution in [0, 0.1) is 0 Å². The van der Waals surface area contributed by atoms with Gasteiger partial charge >= 0.3 is 0 Å². The minimum atomic E-state index is -0.250. The summed E-state index contributed by atoms with van der Waals surface area (Å²) < 4.78 is 1.10. The van der Waals surface area contributed by atoms with E-state index in [-0.39, 0.29) is 6.10 Å². The summed E-state index contributed by atoms with van der Waals surface area (Å²) in [5.41, 5.74) is 1.26. The van der Waals surface area contributed by atoms with E-state index in [1.165, 1.54) is 5.56 Å². The van der Waals surface area contributed by atoms with Crippen molar-refractivity contribution in [2.75, 3.05) is 0 Å². The van der Waals surface area contributed by atoms with Crippen molar-refractivity contribution in [3.63, 3.8) is 0 Å². The van der Waals surface area contributed by atoms with Gasteiger partial charge in [0.1, 0.15) is 0 Å². The molecule has 16 heavy (non-hydrogen) atoms. The van der Waals surface area contributed by atoms with Gasteiger partial charge in [0.25, 0.3) is 0 Å². The summed E-state index contributed by atoms with van der Waals surface area (Å²) in [5.74, 6) is 0. The van der Waals surface area contributed by atoms with Crippen LogP contribution in [-0.4, -0.2) is 17.3 Å². The second-order valence-electron chi connectivity index (χ2n) is 4.43. The molecular weight excluding hydrogens is 266 g/mol. The molecule has 2 nitrogen and oxygen atoms in total. The summed E-state index contributed by atoms with van der Waals surface area (Å²) in [6.45, 7) is 6.06. The van der Waals surface area contributed by atoms with Crippen LogP contribution in [0.25, 0.3) is 0 Å². The number of halogens is 1. The average molecular weight is 286 g/mol. The Morgan fingerprint density at radius 2 is 1.75 bits per heavy atom. The molecule has 3 unspecified atom stereocenters. The van der Waals surface area contributed by atoms with Crippen LogP contribution in [0.1, 0.15) is 38.8 Å². The number of rotatable bonds is 5. The molecule has 0 amide bonds. The maximum absolute atomic E-state index is 9.30. The normalized spacial score (nSPS) is 16.8. The Balaban J connectivity index is 2.51. The van der Waals surface area contributed by atoms with Gasteiger partial charge in [-0.05, 0) is 44.9 Å². The number of hydrogen-bond acceptors (Lipinski definition) is 2. The fourth-order valence-electron chi connectivity index (χ4n) is 1.85. The van der Waals surface area contributed by atoms with Crippen LogP contribution < -0.4 is 5.32 Å². The van der Waals surface area contributed by atoms with Crippen molar-refractivity contribution in [2.24, 2.45) is 0 Å². The molecule has 0 radical (unpaired) electrons. The smallest absolute Gasteiger partial charge is 0.0526 e. The lowest BCUT2D eigenvalue weighted by Gasteiger charge is -2.21. The molecule has 0 aromatic heterocycles. The number of aliphatic hydroxyl groups excluding tert-OH is 1. The topological polar surface area (TPSA) is 32.3 Å². The van der Waals surface area contributed by atoms with Gasteiger partial charge in [0.15, 0.2) is 0 Å². The SMILES string of the molecule is CC(O)CC(C)NC(C)c1ccc(Br)cc1. The summed E-state index contributed by atoms with van der Waals surface area (Å²) in [5, 5.41) is 12.8. The third kappa shape index (κ3) is 4.64. The fraction of sp³-hybridized carbons (Fsp3) is 0.538. The third-order valence-electron chi connectivity index (χ3n) is 2.60. The van der Waals surface area contributed by atoms with Gasteiger partial charge in [-0.3, -0.25) is 0 Å². The quantitative estimate of drug-likeness (QED) is 0.870. The minimum absolute atomic E-state index is 0.250. The Bertz CT molecular complexity index is 310. The molecule has 0 saturated heterocycles. The van der Waals surface area contributed by atoms with Gasteiger partial charge in [0, 0.05) is 16.6 Å². The first-order chi connectivity index (χ1) is 7.49. The van der Waals surface area contributed by atoms with E-state index < -0.39 is 0 Å². The first kappa shape index (κ1) is 13.7. The lowest BCUT2D eigenvalue weighted by Crippen LogP contribution is -2.31. The molecule has 0 bridgehead atoms. The third-order valence-corrected chi connectivity index (χ3v) is 3.13. The van der Waals surface area contributed by atoms with E-state index >= 15 is 0 Å². The van der Waals surface area contributed by atoms with Gasteiger partial charge in [-0.2, -0.15) is 0 Å². The zero-order valence-electron chi connectivity index (χ0n) is 10.1. The van der Waals surface area contributed by atoms with Crippen molar-refractivity contribution < 1.29 is 5.11 Å². The Hall–Kier alpha value is -0.380. The highest BCUT2D eigenvalue weighted by molar-refractivity contribution is 9.10. The van der Waals surface area contributed by atoms with Crippen molar-refractivity contribution >= 4 is 15.9 Å². The molecular formula is C13H20BrNO. The van der Waals surface area contributed by atoms with E-state index in [1.54, 1.807) is 0 Å². The highest BCUT2D eigenvalue weighted by atomic mass is 79.9. The van der Waals surface area contributed by atoms with E-state index in [9.17, 15) is 5.11 Å². The zero-order chi connectivity index (χ0) is 12.1. The maximum atomic E-state index is 9.30. The Morgan fingerprint density at radius 3 is 2.25 bits per heavy atom. The van der Waals surface area contributed by atoms with E-state index in [0.29, 0.717) is 12.1 Å². The number of benzene rings is 1. The second-order valence-corrected chi connectivity index (χ2v) is 5.34. The summed E-state index contributed by atoms with van der Waals surface area (Å²) in [6.07, 6.45) is 0.528. The van der Waals surface area contributed by atoms with Gasteiger partial charge in [-0.25, -0.2) is 0 Å². The van der Waals surface area contributed by atoms with Crippen molar-refractivity contribution in [3.05, 3.63) is 34.3 Å². The lowest BCUT2D eigenvalue weighted by atomic mass is 10.1. The standard InChI is InChI=1S/C13H20BrNO/c1-9(8-10(2)16)15-11(3)12-4-6-13(14)7-5-12/h4-7,9-11,15-16H,8H2,1-3H3. The van der Waals surface area contributed by atoms with Crippen LogP contribution in [0.3, 0.4) is 0 Å². The molecule has 0 heterocycles. The van der Waals surface area contributed by atoms with Crippen molar-refractivity contribution in [2.45, 2.75) is 45.4 Å². The molecule has 0 fully saturated rings. The molecule has 0 spiro atoms. The van der Waals surface area contributed by atoms with Crippen molar-refractivity contribution in [3.8, 4) is 0 Å². The number of nitrogens with one attached hydrogen (secondary N) is 1. The largest absolute Gasteiger partial charge is 0.393 e. The molecule has 1 rings (SSSR count). The van der Waals surface area contributed by atoms with Crippen LogP contribution >= 0.6 is 15.9 Å². The average Bonchev–Trinajstić information content (AvgIpc) is 2.16. The van der Waals surface area contributed by atoms with Crippen LogP contribution in [0.4, 0.5) is 0 Å². The summed E-state index contributed by atoms with van der Waals surface area (Å²) >= 11 is 3.42. The highest BCUT2D eigenvalue weighted by Crippen LogP contribution is 2.17. The van der Waals surface area contributed by atoms with Gasteiger partial charge < -0.3 is 10.4 Å². The monoisotopic (exact) mass is 285 g/mol. The predicted molar refractivity (Wildman–Crippen MR) is 71.5 cm³/mol. The first-order valence-corrected chi connectivity index (χ1v) is 6.48. The lowest BCUT2D eigenvalue weighted by molar-refractivity contribution is 0.168. The van der Waals surface area contributed by atoms with E-state index in [0.717, 1.165) is 10.9 Å². The molecule has 90 valence electrons. The molecule has 3 atom stereocenters. The predicted octanol–water partition coefficient (Wildman–Crippen LogP) is 3.26. The zero-order valence-corrected chi connectivity index (χ0v) is 11.7. The van der Waals surface area contributed by atoms with Crippen molar-refractivity contribution in [1.82, 2.24) is 5.32 Å². The van der Waals surface area contributed by atoms with Crippen LogP contribution in [0.5, 0.6) is 0 Å². The Morgan fingerprint density at radius 1 is 1.19 bits per heavy atom. The van der Waals surface area contributed by atoms with Crippen LogP contribution in [-0.2, 0) is 0 Å². The molecule has 0 aliphatic rings. The summed E-state index contributed by atoms with van der Waals surface area (Å²) in [6, 6.07) is 8.94. The van der Waals surface area contributed by atoms with E-state index in [4.69, 9.17) is 0 Å². The molecule has 1 aromatic rings. The maximum Gasteiger partial charge on any atom is 0.0526 e. The molecule has 3 heteroatoms. The Kier molecular flexibility index (Phi) is 5.46. The number of aliphatic hydroxyl groups is 1. The molecule has 1 aromatic carbocycles. The molecule has 0 aliphatic carbocycles. The van der Waals surface area contributed by atoms with E-state index in [2.05, 4.69) is 47.2 Å². The molecule has 0 saturated carbocycles. The summed E-state index contributed by atoms with van der Waals surface area (Å²) in [4.78, 5) is 0.